The number of hydrogen-bond acceptors (Lipinski definition) is 3. The molecule has 0 saturated heterocycles. The minimum atomic E-state index is -0.420. The molecule has 2 aromatic carbocycles. The number of rotatable bonds is 6. The van der Waals surface area contributed by atoms with Crippen molar-refractivity contribution < 1.29 is 18.6 Å². The fourth-order valence-electron chi connectivity index (χ4n) is 2.20. The zero-order valence-corrected chi connectivity index (χ0v) is 12.6. The molecular weight excluding hydrogens is 288 g/mol. The van der Waals surface area contributed by atoms with Crippen molar-refractivity contribution in [2.45, 2.75) is 26.1 Å². The van der Waals surface area contributed by atoms with Crippen LogP contribution in [-0.2, 0) is 13.2 Å². The molecule has 0 aliphatic heterocycles. The zero-order valence-electron chi connectivity index (χ0n) is 12.6. The highest BCUT2D eigenvalue weighted by molar-refractivity contribution is 5.31. The van der Waals surface area contributed by atoms with E-state index in [2.05, 4.69) is 5.32 Å². The number of methoxy groups -OCH3 is 1. The van der Waals surface area contributed by atoms with E-state index in [4.69, 9.17) is 9.84 Å². The normalized spacial score (nSPS) is 12.2. The maximum atomic E-state index is 13.7. The van der Waals surface area contributed by atoms with Crippen LogP contribution in [0.1, 0.15) is 29.7 Å². The smallest absolute Gasteiger partial charge is 0.165 e. The van der Waals surface area contributed by atoms with E-state index < -0.39 is 11.6 Å². The van der Waals surface area contributed by atoms with E-state index in [1.54, 1.807) is 24.3 Å². The van der Waals surface area contributed by atoms with Crippen LogP contribution < -0.4 is 10.1 Å². The Hall–Kier alpha value is -1.98. The molecule has 2 aromatic rings. The molecule has 0 radical (unpaired) electrons. The Morgan fingerprint density at radius 2 is 1.91 bits per heavy atom. The molecule has 0 fully saturated rings. The maximum Gasteiger partial charge on any atom is 0.165 e. The quantitative estimate of drug-likeness (QED) is 0.860. The zero-order chi connectivity index (χ0) is 16.1. The summed E-state index contributed by atoms with van der Waals surface area (Å²) in [5.74, 6) is -0.614. The minimum absolute atomic E-state index is 0.0805. The number of hydrogen-bond donors (Lipinski definition) is 2. The predicted octanol–water partition coefficient (Wildman–Crippen LogP) is 3.32. The highest BCUT2D eigenvalue weighted by Crippen LogP contribution is 2.22. The summed E-state index contributed by atoms with van der Waals surface area (Å²) < 4.78 is 31.9. The molecule has 2 rings (SSSR count). The summed E-state index contributed by atoms with van der Waals surface area (Å²) in [6.45, 7) is 2.07. The molecule has 1 atom stereocenters. The topological polar surface area (TPSA) is 41.5 Å². The molecule has 2 N–H and O–H groups in total. The second-order valence-electron chi connectivity index (χ2n) is 5.08. The van der Waals surface area contributed by atoms with Crippen molar-refractivity contribution in [3.05, 3.63) is 64.7 Å². The molecule has 0 heterocycles. The van der Waals surface area contributed by atoms with Gasteiger partial charge >= 0.3 is 0 Å². The lowest BCUT2D eigenvalue weighted by Crippen LogP contribution is -2.18. The van der Waals surface area contributed by atoms with Crippen LogP contribution in [0.5, 0.6) is 5.75 Å². The summed E-state index contributed by atoms with van der Waals surface area (Å²) in [5, 5.41) is 12.3. The molecule has 0 spiro atoms. The van der Waals surface area contributed by atoms with Gasteiger partial charge in [0.15, 0.2) is 11.6 Å². The van der Waals surface area contributed by atoms with Gasteiger partial charge in [0.1, 0.15) is 5.82 Å². The number of halogens is 2. The van der Waals surface area contributed by atoms with Gasteiger partial charge < -0.3 is 15.2 Å². The number of aliphatic hydroxyl groups excluding tert-OH is 1. The van der Waals surface area contributed by atoms with Crippen molar-refractivity contribution in [2.75, 3.05) is 7.11 Å². The van der Waals surface area contributed by atoms with Gasteiger partial charge in [-0.15, -0.1) is 0 Å². The fraction of sp³-hybridized carbons (Fsp3) is 0.294. The monoisotopic (exact) mass is 307 g/mol. The Bertz CT molecular complexity index is 647. The predicted molar refractivity (Wildman–Crippen MR) is 80.5 cm³/mol. The first-order chi connectivity index (χ1) is 10.5. The molecule has 0 aromatic heterocycles. The third-order valence-electron chi connectivity index (χ3n) is 3.57. The van der Waals surface area contributed by atoms with Crippen molar-refractivity contribution in [1.82, 2.24) is 5.32 Å². The Morgan fingerprint density at radius 1 is 1.14 bits per heavy atom. The Balaban J connectivity index is 2.03. The SMILES string of the molecule is COc1ccc(C(C)NCc2ccc(F)c(CO)c2)cc1F. The molecule has 0 saturated carbocycles. The van der Waals surface area contributed by atoms with Crippen LogP contribution in [0.2, 0.25) is 0 Å². The summed E-state index contributed by atoms with van der Waals surface area (Å²) in [5.41, 5.74) is 1.91. The van der Waals surface area contributed by atoms with E-state index in [-0.39, 0.29) is 24.0 Å². The molecule has 0 aliphatic carbocycles. The van der Waals surface area contributed by atoms with Crippen LogP contribution in [0, 0.1) is 11.6 Å². The molecule has 22 heavy (non-hydrogen) atoms. The number of ether oxygens (including phenoxy) is 1. The van der Waals surface area contributed by atoms with Gasteiger partial charge in [-0.1, -0.05) is 12.1 Å². The molecule has 118 valence electrons. The summed E-state index contributed by atoms with van der Waals surface area (Å²) in [7, 11) is 1.42. The maximum absolute atomic E-state index is 13.7. The van der Waals surface area contributed by atoms with E-state index in [9.17, 15) is 8.78 Å². The Morgan fingerprint density at radius 3 is 2.55 bits per heavy atom. The molecule has 1 unspecified atom stereocenters. The molecule has 5 heteroatoms. The first-order valence-corrected chi connectivity index (χ1v) is 7.00. The van der Waals surface area contributed by atoms with Crippen molar-refractivity contribution in [1.29, 1.82) is 0 Å². The number of aliphatic hydroxyl groups is 1. The van der Waals surface area contributed by atoms with Crippen LogP contribution in [0.3, 0.4) is 0 Å². The lowest BCUT2D eigenvalue weighted by Gasteiger charge is -2.15. The lowest BCUT2D eigenvalue weighted by molar-refractivity contribution is 0.275. The molecule has 3 nitrogen and oxygen atoms in total. The van der Waals surface area contributed by atoms with E-state index in [0.717, 1.165) is 11.1 Å². The molecule has 0 bridgehead atoms. The van der Waals surface area contributed by atoms with Gasteiger partial charge in [-0.3, -0.25) is 0 Å². The highest BCUT2D eigenvalue weighted by Gasteiger charge is 2.10. The van der Waals surface area contributed by atoms with Gasteiger partial charge in [0.05, 0.1) is 13.7 Å². The van der Waals surface area contributed by atoms with Crippen molar-refractivity contribution in [3.63, 3.8) is 0 Å². The van der Waals surface area contributed by atoms with E-state index in [1.165, 1.54) is 19.2 Å². The standard InChI is InChI=1S/C17H19F2NO2/c1-11(13-4-6-17(22-2)16(19)8-13)20-9-12-3-5-15(18)14(7-12)10-21/h3-8,11,20-21H,9-10H2,1-2H3. The highest BCUT2D eigenvalue weighted by atomic mass is 19.1. The van der Waals surface area contributed by atoms with E-state index >= 15 is 0 Å². The lowest BCUT2D eigenvalue weighted by atomic mass is 10.1. The third kappa shape index (κ3) is 3.81. The average Bonchev–Trinajstić information content (AvgIpc) is 2.53. The second-order valence-corrected chi connectivity index (χ2v) is 5.08. The van der Waals surface area contributed by atoms with Crippen molar-refractivity contribution in [2.24, 2.45) is 0 Å². The third-order valence-corrected chi connectivity index (χ3v) is 3.57. The number of nitrogens with one attached hydrogen (secondary N) is 1. The summed E-state index contributed by atoms with van der Waals surface area (Å²) in [6, 6.07) is 9.34. The fourth-order valence-corrected chi connectivity index (χ4v) is 2.20. The minimum Gasteiger partial charge on any atom is -0.494 e. The van der Waals surface area contributed by atoms with Crippen LogP contribution in [0.25, 0.3) is 0 Å². The second kappa shape index (κ2) is 7.33. The summed E-state index contributed by atoms with van der Waals surface area (Å²) in [4.78, 5) is 0. The van der Waals surface area contributed by atoms with Gasteiger partial charge in [0, 0.05) is 18.2 Å². The first kappa shape index (κ1) is 16.4. The molecular formula is C17H19F2NO2. The average molecular weight is 307 g/mol. The number of benzene rings is 2. The van der Waals surface area contributed by atoms with Gasteiger partial charge in [-0.2, -0.15) is 0 Å². The Kier molecular flexibility index (Phi) is 5.46. The molecule has 0 amide bonds. The summed E-state index contributed by atoms with van der Waals surface area (Å²) in [6.07, 6.45) is 0. The van der Waals surface area contributed by atoms with E-state index in [1.807, 2.05) is 6.92 Å². The van der Waals surface area contributed by atoms with Crippen LogP contribution >= 0.6 is 0 Å². The first-order valence-electron chi connectivity index (χ1n) is 7.00. The van der Waals surface area contributed by atoms with Gasteiger partial charge in [0.2, 0.25) is 0 Å². The van der Waals surface area contributed by atoms with Crippen LogP contribution in [0.15, 0.2) is 36.4 Å². The van der Waals surface area contributed by atoms with Crippen molar-refractivity contribution in [3.8, 4) is 5.75 Å². The largest absolute Gasteiger partial charge is 0.494 e. The van der Waals surface area contributed by atoms with Gasteiger partial charge in [-0.25, -0.2) is 8.78 Å². The van der Waals surface area contributed by atoms with E-state index in [0.29, 0.717) is 6.54 Å². The van der Waals surface area contributed by atoms with Crippen LogP contribution in [-0.4, -0.2) is 12.2 Å². The van der Waals surface area contributed by atoms with Crippen LogP contribution in [0.4, 0.5) is 8.78 Å². The summed E-state index contributed by atoms with van der Waals surface area (Å²) >= 11 is 0. The molecule has 0 aliphatic rings. The van der Waals surface area contributed by atoms with Crippen molar-refractivity contribution >= 4 is 0 Å². The Labute approximate surface area is 128 Å². The van der Waals surface area contributed by atoms with Gasteiger partial charge in [0.25, 0.3) is 0 Å². The van der Waals surface area contributed by atoms with Gasteiger partial charge in [-0.05, 0) is 42.3 Å².